The molecular weight excluding hydrogens is 366 g/mol. The second kappa shape index (κ2) is 8.22. The van der Waals surface area contributed by atoms with Crippen LogP contribution in [0.1, 0.15) is 21.7 Å². The van der Waals surface area contributed by atoms with Gasteiger partial charge < -0.3 is 15.1 Å². The summed E-state index contributed by atoms with van der Waals surface area (Å²) in [4.78, 5) is 34.4. The average molecular weight is 389 g/mol. The van der Waals surface area contributed by atoms with Crippen LogP contribution in [0.25, 0.3) is 0 Å². The van der Waals surface area contributed by atoms with E-state index in [9.17, 15) is 4.79 Å². The molecule has 0 aliphatic carbocycles. The van der Waals surface area contributed by atoms with E-state index in [2.05, 4.69) is 30.2 Å². The van der Waals surface area contributed by atoms with E-state index in [1.807, 2.05) is 43.0 Å². The number of amides is 1. The number of rotatable bonds is 4. The molecule has 0 bridgehead atoms. The van der Waals surface area contributed by atoms with Gasteiger partial charge in [-0.15, -0.1) is 0 Å². The second-order valence-corrected chi connectivity index (χ2v) is 6.99. The van der Waals surface area contributed by atoms with Crippen LogP contribution in [0.15, 0.2) is 48.8 Å². The number of carbonyl (C=O) groups excluding carboxylic acids is 1. The van der Waals surface area contributed by atoms with Crippen LogP contribution in [0.5, 0.6) is 0 Å². The van der Waals surface area contributed by atoms with Crippen LogP contribution >= 0.6 is 0 Å². The highest BCUT2D eigenvalue weighted by molar-refractivity contribution is 5.93. The molecule has 0 spiro atoms. The minimum atomic E-state index is -0.0861. The fourth-order valence-electron chi connectivity index (χ4n) is 3.29. The van der Waals surface area contributed by atoms with E-state index in [4.69, 9.17) is 0 Å². The molecule has 1 aliphatic heterocycles. The lowest BCUT2D eigenvalue weighted by Crippen LogP contribution is -2.49. The van der Waals surface area contributed by atoms with Gasteiger partial charge in [0.2, 0.25) is 11.9 Å². The summed E-state index contributed by atoms with van der Waals surface area (Å²) in [6, 6.07) is 11.4. The Labute approximate surface area is 169 Å². The normalized spacial score (nSPS) is 14.0. The zero-order valence-electron chi connectivity index (χ0n) is 16.5. The summed E-state index contributed by atoms with van der Waals surface area (Å²) in [6.45, 7) is 6.45. The lowest BCUT2D eigenvalue weighted by atomic mass is 10.2. The van der Waals surface area contributed by atoms with Gasteiger partial charge in [0.15, 0.2) is 0 Å². The molecule has 0 unspecified atom stereocenters. The minimum Gasteiger partial charge on any atom is -0.337 e. The molecule has 1 fully saturated rings. The van der Waals surface area contributed by atoms with Crippen LogP contribution in [0.4, 0.5) is 17.6 Å². The van der Waals surface area contributed by atoms with E-state index in [1.165, 1.54) is 0 Å². The molecule has 3 heterocycles. The number of piperazine rings is 1. The number of aromatic nitrogens is 4. The van der Waals surface area contributed by atoms with Gasteiger partial charge in [0.25, 0.3) is 5.91 Å². The maximum atomic E-state index is 13.0. The molecule has 4 rings (SSSR count). The summed E-state index contributed by atoms with van der Waals surface area (Å²) in [5.41, 5.74) is 3.16. The number of nitrogens with one attached hydrogen (secondary N) is 1. The number of aryl methyl sites for hydroxylation is 2. The van der Waals surface area contributed by atoms with E-state index in [-0.39, 0.29) is 5.91 Å². The molecule has 1 amide bonds. The molecule has 8 heteroatoms. The molecule has 0 radical (unpaired) electrons. The highest BCUT2D eigenvalue weighted by atomic mass is 16.2. The number of hydrogen-bond acceptors (Lipinski definition) is 7. The minimum absolute atomic E-state index is 0.0861. The first-order chi connectivity index (χ1) is 14.1. The largest absolute Gasteiger partial charge is 0.337 e. The van der Waals surface area contributed by atoms with Crippen LogP contribution in [0.3, 0.4) is 0 Å². The molecule has 1 aromatic carbocycles. The number of para-hydroxylation sites is 1. The third-order valence-electron chi connectivity index (χ3n) is 4.87. The Balaban J connectivity index is 1.46. The van der Waals surface area contributed by atoms with Gasteiger partial charge in [-0.25, -0.2) is 19.9 Å². The van der Waals surface area contributed by atoms with Crippen molar-refractivity contribution < 1.29 is 4.79 Å². The van der Waals surface area contributed by atoms with Crippen molar-refractivity contribution in [2.75, 3.05) is 36.4 Å². The predicted octanol–water partition coefficient (Wildman–Crippen LogP) is 2.59. The molecule has 1 saturated heterocycles. The third-order valence-corrected chi connectivity index (χ3v) is 4.87. The van der Waals surface area contributed by atoms with Crippen LogP contribution in [0.2, 0.25) is 0 Å². The molecule has 1 aliphatic rings. The van der Waals surface area contributed by atoms with Crippen molar-refractivity contribution in [1.82, 2.24) is 24.8 Å². The second-order valence-electron chi connectivity index (χ2n) is 6.99. The number of hydrogen-bond donors (Lipinski definition) is 1. The van der Waals surface area contributed by atoms with Crippen LogP contribution in [0, 0.1) is 13.8 Å². The maximum Gasteiger partial charge on any atom is 0.272 e. The summed E-state index contributed by atoms with van der Waals surface area (Å²) >= 11 is 0. The van der Waals surface area contributed by atoms with Crippen molar-refractivity contribution in [1.29, 1.82) is 0 Å². The fourth-order valence-corrected chi connectivity index (χ4v) is 3.29. The summed E-state index contributed by atoms with van der Waals surface area (Å²) in [7, 11) is 0. The lowest BCUT2D eigenvalue weighted by molar-refractivity contribution is 0.0740. The first-order valence-electron chi connectivity index (χ1n) is 9.60. The first-order valence-corrected chi connectivity index (χ1v) is 9.60. The molecular formula is C21H23N7O. The van der Waals surface area contributed by atoms with Gasteiger partial charge in [-0.1, -0.05) is 18.2 Å². The van der Waals surface area contributed by atoms with Gasteiger partial charge in [-0.05, 0) is 37.6 Å². The maximum absolute atomic E-state index is 13.0. The molecule has 1 N–H and O–H groups in total. The smallest absolute Gasteiger partial charge is 0.272 e. The van der Waals surface area contributed by atoms with E-state index in [1.54, 1.807) is 24.5 Å². The van der Waals surface area contributed by atoms with Gasteiger partial charge in [-0.2, -0.15) is 0 Å². The van der Waals surface area contributed by atoms with Crippen LogP contribution in [-0.2, 0) is 0 Å². The van der Waals surface area contributed by atoms with E-state index in [0.29, 0.717) is 43.8 Å². The summed E-state index contributed by atoms with van der Waals surface area (Å²) in [6.07, 6.45) is 3.46. The quantitative estimate of drug-likeness (QED) is 0.734. The zero-order chi connectivity index (χ0) is 20.2. The number of carbonyl (C=O) groups is 1. The van der Waals surface area contributed by atoms with E-state index >= 15 is 0 Å². The fraction of sp³-hybridized carbons (Fsp3) is 0.286. The Hall–Kier alpha value is -3.55. The van der Waals surface area contributed by atoms with Crippen molar-refractivity contribution >= 4 is 23.5 Å². The summed E-state index contributed by atoms with van der Waals surface area (Å²) in [5, 5.41) is 3.22. The molecule has 2 aromatic heterocycles. The Morgan fingerprint density at radius 1 is 0.966 bits per heavy atom. The molecule has 29 heavy (non-hydrogen) atoms. The van der Waals surface area contributed by atoms with Crippen molar-refractivity contribution in [2.45, 2.75) is 13.8 Å². The first kappa shape index (κ1) is 18.8. The molecule has 8 nitrogen and oxygen atoms in total. The zero-order valence-corrected chi connectivity index (χ0v) is 16.5. The highest BCUT2D eigenvalue weighted by Gasteiger charge is 2.24. The number of benzene rings is 1. The van der Waals surface area contributed by atoms with Gasteiger partial charge in [0.1, 0.15) is 5.69 Å². The van der Waals surface area contributed by atoms with Crippen molar-refractivity contribution in [2.24, 2.45) is 0 Å². The van der Waals surface area contributed by atoms with Crippen LogP contribution < -0.4 is 10.2 Å². The van der Waals surface area contributed by atoms with Gasteiger partial charge in [0, 0.05) is 50.0 Å². The molecule has 0 saturated carbocycles. The van der Waals surface area contributed by atoms with E-state index < -0.39 is 0 Å². The molecule has 3 aromatic rings. The number of nitrogens with zero attached hydrogens (tertiary/aromatic N) is 6. The monoisotopic (exact) mass is 389 g/mol. The Morgan fingerprint density at radius 3 is 2.41 bits per heavy atom. The average Bonchev–Trinajstić information content (AvgIpc) is 2.75. The Bertz CT molecular complexity index is 1000. The SMILES string of the molecule is Cc1cc(C(=O)N2CCN(c3ncccn3)CC2)nc(Nc2ccccc2C)n1. The van der Waals surface area contributed by atoms with Crippen LogP contribution in [-0.4, -0.2) is 56.9 Å². The van der Waals surface area contributed by atoms with Crippen molar-refractivity contribution in [3.05, 3.63) is 65.7 Å². The van der Waals surface area contributed by atoms with Gasteiger partial charge in [0.05, 0.1) is 0 Å². The molecule has 148 valence electrons. The van der Waals surface area contributed by atoms with Gasteiger partial charge >= 0.3 is 0 Å². The Morgan fingerprint density at radius 2 is 1.69 bits per heavy atom. The number of anilines is 3. The molecule has 0 atom stereocenters. The third kappa shape index (κ3) is 4.31. The standard InChI is InChI=1S/C21H23N7O/c1-15-6-3-4-7-17(15)25-20-24-16(2)14-18(26-20)19(29)27-10-12-28(13-11-27)21-22-8-5-9-23-21/h3-9,14H,10-13H2,1-2H3,(H,24,25,26). The van der Waals surface area contributed by atoms with Crippen molar-refractivity contribution in [3.63, 3.8) is 0 Å². The topological polar surface area (TPSA) is 87.1 Å². The summed E-state index contributed by atoms with van der Waals surface area (Å²) in [5.74, 6) is 1.04. The predicted molar refractivity (Wildman–Crippen MR) is 111 cm³/mol. The Kier molecular flexibility index (Phi) is 5.33. The summed E-state index contributed by atoms with van der Waals surface area (Å²) < 4.78 is 0. The van der Waals surface area contributed by atoms with Crippen molar-refractivity contribution in [3.8, 4) is 0 Å². The van der Waals surface area contributed by atoms with E-state index in [0.717, 1.165) is 16.9 Å². The lowest BCUT2D eigenvalue weighted by Gasteiger charge is -2.34. The van der Waals surface area contributed by atoms with Gasteiger partial charge in [-0.3, -0.25) is 4.79 Å². The highest BCUT2D eigenvalue weighted by Crippen LogP contribution is 2.19.